The first-order valence-corrected chi connectivity index (χ1v) is 7.18. The van der Waals surface area contributed by atoms with E-state index in [1.54, 1.807) is 18.3 Å². The summed E-state index contributed by atoms with van der Waals surface area (Å²) in [5.41, 5.74) is 1.87. The quantitative estimate of drug-likeness (QED) is 0.931. The molecule has 0 spiro atoms. The van der Waals surface area contributed by atoms with E-state index in [9.17, 15) is 4.39 Å². The van der Waals surface area contributed by atoms with Crippen LogP contribution >= 0.6 is 0 Å². The number of pyridine rings is 1. The summed E-state index contributed by atoms with van der Waals surface area (Å²) in [4.78, 5) is 6.71. The van der Waals surface area contributed by atoms with Crippen molar-refractivity contribution in [1.82, 2.24) is 15.2 Å². The number of halogens is 1. The molecule has 0 bridgehead atoms. The predicted octanol–water partition coefficient (Wildman–Crippen LogP) is 2.56. The molecule has 1 aromatic heterocycles. The van der Waals surface area contributed by atoms with Crippen LogP contribution in [-0.4, -0.2) is 36.1 Å². The standard InChI is InChI=1S/C16H20FN3/c1-20(15-5-3-6-18-10-15)11-13-9-14(17)8-12-4-2-7-19-16(12)13/h2,4,7-9,15,18H,3,5-6,10-11H2,1H3. The van der Waals surface area contributed by atoms with Crippen LogP contribution in [0.25, 0.3) is 10.9 Å². The van der Waals surface area contributed by atoms with Crippen molar-refractivity contribution >= 4 is 10.9 Å². The molecule has 20 heavy (non-hydrogen) atoms. The minimum Gasteiger partial charge on any atom is -0.315 e. The van der Waals surface area contributed by atoms with E-state index in [0.717, 1.165) is 36.1 Å². The molecule has 3 rings (SSSR count). The first kappa shape index (κ1) is 13.5. The SMILES string of the molecule is CN(Cc1cc(F)cc2cccnc12)C1CCCNC1. The number of hydrogen-bond acceptors (Lipinski definition) is 3. The monoisotopic (exact) mass is 273 g/mol. The summed E-state index contributed by atoms with van der Waals surface area (Å²) in [5.74, 6) is -0.185. The number of nitrogens with one attached hydrogen (secondary N) is 1. The molecular weight excluding hydrogens is 253 g/mol. The fraction of sp³-hybridized carbons (Fsp3) is 0.438. The second-order valence-corrected chi connectivity index (χ2v) is 5.56. The summed E-state index contributed by atoms with van der Waals surface area (Å²) in [7, 11) is 2.11. The van der Waals surface area contributed by atoms with Crippen LogP contribution in [0.15, 0.2) is 30.5 Å². The van der Waals surface area contributed by atoms with E-state index >= 15 is 0 Å². The van der Waals surface area contributed by atoms with Crippen LogP contribution in [-0.2, 0) is 6.54 Å². The maximum absolute atomic E-state index is 13.7. The summed E-state index contributed by atoms with van der Waals surface area (Å²) in [5, 5.41) is 4.29. The Labute approximate surface area is 118 Å². The summed E-state index contributed by atoms with van der Waals surface area (Å²) in [6.45, 7) is 2.85. The fourth-order valence-corrected chi connectivity index (χ4v) is 2.96. The molecule has 1 atom stereocenters. The molecule has 0 aliphatic carbocycles. The first-order valence-electron chi connectivity index (χ1n) is 7.18. The third kappa shape index (κ3) is 2.81. The van der Waals surface area contributed by atoms with Gasteiger partial charge in [0.15, 0.2) is 0 Å². The van der Waals surface area contributed by atoms with Crippen LogP contribution in [0.5, 0.6) is 0 Å². The molecular formula is C16H20FN3. The highest BCUT2D eigenvalue weighted by atomic mass is 19.1. The van der Waals surface area contributed by atoms with E-state index in [0.29, 0.717) is 6.04 Å². The molecule has 1 saturated heterocycles. The summed E-state index contributed by atoms with van der Waals surface area (Å²) < 4.78 is 13.7. The molecule has 2 heterocycles. The van der Waals surface area contributed by atoms with Crippen LogP contribution in [0.2, 0.25) is 0 Å². The Morgan fingerprint density at radius 3 is 3.15 bits per heavy atom. The minimum absolute atomic E-state index is 0.185. The molecule has 1 unspecified atom stereocenters. The van der Waals surface area contributed by atoms with Crippen LogP contribution < -0.4 is 5.32 Å². The summed E-state index contributed by atoms with van der Waals surface area (Å²) >= 11 is 0. The highest BCUT2D eigenvalue weighted by molar-refractivity contribution is 5.81. The number of rotatable bonds is 3. The lowest BCUT2D eigenvalue weighted by molar-refractivity contribution is 0.196. The van der Waals surface area contributed by atoms with Crippen molar-refractivity contribution in [1.29, 1.82) is 0 Å². The number of benzene rings is 1. The van der Waals surface area contributed by atoms with Crippen LogP contribution in [0, 0.1) is 5.82 Å². The van der Waals surface area contributed by atoms with Gasteiger partial charge in [0, 0.05) is 30.7 Å². The van der Waals surface area contributed by atoms with Gasteiger partial charge in [-0.15, -0.1) is 0 Å². The van der Waals surface area contributed by atoms with Gasteiger partial charge in [0.1, 0.15) is 5.82 Å². The zero-order valence-electron chi connectivity index (χ0n) is 11.8. The molecule has 0 radical (unpaired) electrons. The third-order valence-electron chi connectivity index (χ3n) is 4.06. The Morgan fingerprint density at radius 1 is 1.45 bits per heavy atom. The molecule has 1 aromatic carbocycles. The van der Waals surface area contributed by atoms with Gasteiger partial charge >= 0.3 is 0 Å². The molecule has 1 aliphatic rings. The number of aromatic nitrogens is 1. The summed E-state index contributed by atoms with van der Waals surface area (Å²) in [6.07, 6.45) is 4.17. The van der Waals surface area contributed by atoms with Crippen molar-refractivity contribution in [3.05, 3.63) is 41.8 Å². The Balaban J connectivity index is 1.86. The minimum atomic E-state index is -0.185. The van der Waals surface area contributed by atoms with Gasteiger partial charge in [0.05, 0.1) is 5.52 Å². The van der Waals surface area contributed by atoms with Gasteiger partial charge in [-0.2, -0.15) is 0 Å². The van der Waals surface area contributed by atoms with Crippen molar-refractivity contribution in [2.45, 2.75) is 25.4 Å². The lowest BCUT2D eigenvalue weighted by Crippen LogP contribution is -2.43. The van der Waals surface area contributed by atoms with Gasteiger partial charge in [-0.05, 0) is 50.2 Å². The number of likely N-dealkylation sites (N-methyl/N-ethyl adjacent to an activating group) is 1. The molecule has 1 N–H and O–H groups in total. The van der Waals surface area contributed by atoms with Gasteiger partial charge in [0.2, 0.25) is 0 Å². The van der Waals surface area contributed by atoms with E-state index < -0.39 is 0 Å². The van der Waals surface area contributed by atoms with Crippen LogP contribution in [0.3, 0.4) is 0 Å². The van der Waals surface area contributed by atoms with Crippen molar-refractivity contribution in [3.63, 3.8) is 0 Å². The highest BCUT2D eigenvalue weighted by Gasteiger charge is 2.18. The fourth-order valence-electron chi connectivity index (χ4n) is 2.96. The molecule has 3 nitrogen and oxygen atoms in total. The lowest BCUT2D eigenvalue weighted by Gasteiger charge is -2.31. The molecule has 0 amide bonds. The zero-order chi connectivity index (χ0) is 13.9. The Kier molecular flexibility index (Phi) is 3.94. The normalized spacial score (nSPS) is 19.6. The largest absolute Gasteiger partial charge is 0.315 e. The van der Waals surface area contributed by atoms with Crippen molar-refractivity contribution < 1.29 is 4.39 Å². The van der Waals surface area contributed by atoms with Gasteiger partial charge in [-0.1, -0.05) is 6.07 Å². The number of fused-ring (bicyclic) bond motifs is 1. The van der Waals surface area contributed by atoms with E-state index in [4.69, 9.17) is 0 Å². The average Bonchev–Trinajstić information content (AvgIpc) is 2.48. The van der Waals surface area contributed by atoms with Gasteiger partial charge in [0.25, 0.3) is 0 Å². The molecule has 0 saturated carbocycles. The Hall–Kier alpha value is -1.52. The van der Waals surface area contributed by atoms with Crippen molar-refractivity contribution in [3.8, 4) is 0 Å². The maximum Gasteiger partial charge on any atom is 0.124 e. The van der Waals surface area contributed by atoms with Crippen molar-refractivity contribution in [2.24, 2.45) is 0 Å². The zero-order valence-corrected chi connectivity index (χ0v) is 11.8. The van der Waals surface area contributed by atoms with Gasteiger partial charge in [-0.3, -0.25) is 9.88 Å². The highest BCUT2D eigenvalue weighted by Crippen LogP contribution is 2.21. The molecule has 106 valence electrons. The molecule has 1 fully saturated rings. The van der Waals surface area contributed by atoms with Gasteiger partial charge < -0.3 is 5.32 Å². The second kappa shape index (κ2) is 5.85. The number of piperidine rings is 1. The van der Waals surface area contributed by atoms with Crippen LogP contribution in [0.4, 0.5) is 4.39 Å². The lowest BCUT2D eigenvalue weighted by atomic mass is 10.0. The predicted molar refractivity (Wildman–Crippen MR) is 79.1 cm³/mol. The molecule has 4 heteroatoms. The number of hydrogen-bond donors (Lipinski definition) is 1. The second-order valence-electron chi connectivity index (χ2n) is 5.56. The van der Waals surface area contributed by atoms with E-state index in [-0.39, 0.29) is 5.82 Å². The molecule has 1 aliphatic heterocycles. The Morgan fingerprint density at radius 2 is 2.35 bits per heavy atom. The van der Waals surface area contributed by atoms with E-state index in [1.807, 2.05) is 12.1 Å². The van der Waals surface area contributed by atoms with E-state index in [1.165, 1.54) is 12.8 Å². The topological polar surface area (TPSA) is 28.2 Å². The smallest absolute Gasteiger partial charge is 0.124 e. The summed E-state index contributed by atoms with van der Waals surface area (Å²) in [6, 6.07) is 7.44. The third-order valence-corrected chi connectivity index (χ3v) is 4.06. The number of nitrogens with zero attached hydrogens (tertiary/aromatic N) is 2. The molecule has 2 aromatic rings. The average molecular weight is 273 g/mol. The van der Waals surface area contributed by atoms with Crippen LogP contribution in [0.1, 0.15) is 18.4 Å². The first-order chi connectivity index (χ1) is 9.74. The van der Waals surface area contributed by atoms with Crippen molar-refractivity contribution in [2.75, 3.05) is 20.1 Å². The van der Waals surface area contributed by atoms with E-state index in [2.05, 4.69) is 22.2 Å². The Bertz CT molecular complexity index is 593. The van der Waals surface area contributed by atoms with Gasteiger partial charge in [-0.25, -0.2) is 4.39 Å². The maximum atomic E-state index is 13.7.